The second-order valence-electron chi connectivity index (χ2n) is 7.76. The molecule has 3 aromatic rings. The fourth-order valence-corrected chi connectivity index (χ4v) is 4.52. The molecule has 1 saturated heterocycles. The first-order valence-electron chi connectivity index (χ1n) is 10.5. The standard InChI is InChI=1S/C26H20Cl2FNO4/c1-3-34-21-9-6-16(10-14(21)2)24(31)22-23(15-4-7-19(29)8-5-15)30(26(33)25(22)32)20-12-17(27)11-18(28)13-20/h4-13,23,31H,3H2,1-2H3/b24-22+. The molecule has 0 aliphatic carbocycles. The molecule has 8 heteroatoms. The molecule has 1 heterocycles. The summed E-state index contributed by atoms with van der Waals surface area (Å²) >= 11 is 12.3. The van der Waals surface area contributed by atoms with Crippen LogP contribution in [0.15, 0.2) is 66.2 Å². The number of Topliss-reactive ketones (excluding diaryl/α,β-unsaturated/α-hetero) is 1. The van der Waals surface area contributed by atoms with Gasteiger partial charge in [-0.1, -0.05) is 35.3 Å². The Morgan fingerprint density at radius 2 is 1.68 bits per heavy atom. The number of anilines is 1. The van der Waals surface area contributed by atoms with Crippen LogP contribution in [0.3, 0.4) is 0 Å². The molecule has 0 radical (unpaired) electrons. The molecule has 0 spiro atoms. The number of nitrogens with zero attached hydrogens (tertiary/aromatic N) is 1. The summed E-state index contributed by atoms with van der Waals surface area (Å²) < 4.78 is 19.2. The molecular weight excluding hydrogens is 480 g/mol. The molecule has 1 N–H and O–H groups in total. The van der Waals surface area contributed by atoms with Crippen molar-refractivity contribution in [3.05, 3.63) is 98.8 Å². The molecular formula is C26H20Cl2FNO4. The van der Waals surface area contributed by atoms with Crippen LogP contribution in [0.1, 0.15) is 29.7 Å². The molecule has 4 rings (SSSR count). The van der Waals surface area contributed by atoms with Crippen LogP contribution in [0.25, 0.3) is 5.76 Å². The minimum atomic E-state index is -1.03. The van der Waals surface area contributed by atoms with Gasteiger partial charge in [0, 0.05) is 21.3 Å². The van der Waals surface area contributed by atoms with Gasteiger partial charge in [-0.15, -0.1) is 0 Å². The largest absolute Gasteiger partial charge is 0.507 e. The van der Waals surface area contributed by atoms with Gasteiger partial charge in [0.15, 0.2) is 0 Å². The van der Waals surface area contributed by atoms with Gasteiger partial charge in [-0.2, -0.15) is 0 Å². The van der Waals surface area contributed by atoms with Crippen molar-refractivity contribution >= 4 is 46.3 Å². The maximum absolute atomic E-state index is 13.7. The Labute approximate surface area is 206 Å². The molecule has 174 valence electrons. The lowest BCUT2D eigenvalue weighted by Crippen LogP contribution is -2.29. The Bertz CT molecular complexity index is 1300. The van der Waals surface area contributed by atoms with E-state index in [1.165, 1.54) is 47.4 Å². The molecule has 34 heavy (non-hydrogen) atoms. The average Bonchev–Trinajstić information content (AvgIpc) is 3.05. The van der Waals surface area contributed by atoms with Crippen molar-refractivity contribution in [1.82, 2.24) is 0 Å². The number of rotatable bonds is 5. The maximum atomic E-state index is 13.7. The molecule has 1 unspecified atom stereocenters. The van der Waals surface area contributed by atoms with Crippen LogP contribution in [-0.4, -0.2) is 23.4 Å². The van der Waals surface area contributed by atoms with Crippen molar-refractivity contribution < 1.29 is 23.8 Å². The van der Waals surface area contributed by atoms with Gasteiger partial charge < -0.3 is 9.84 Å². The van der Waals surface area contributed by atoms with Crippen LogP contribution < -0.4 is 9.64 Å². The van der Waals surface area contributed by atoms with Gasteiger partial charge >= 0.3 is 0 Å². The SMILES string of the molecule is CCOc1ccc(/C(O)=C2\C(=O)C(=O)N(c3cc(Cl)cc(Cl)c3)C2c2ccc(F)cc2)cc1C. The van der Waals surface area contributed by atoms with E-state index >= 15 is 0 Å². The van der Waals surface area contributed by atoms with Gasteiger partial charge in [0.1, 0.15) is 17.3 Å². The van der Waals surface area contributed by atoms with E-state index in [-0.39, 0.29) is 27.1 Å². The number of hydrogen-bond acceptors (Lipinski definition) is 4. The summed E-state index contributed by atoms with van der Waals surface area (Å²) in [5.74, 6) is -1.93. The number of aryl methyl sites for hydroxylation is 1. The second-order valence-corrected chi connectivity index (χ2v) is 8.63. The Kier molecular flexibility index (Phi) is 6.64. The number of aliphatic hydroxyl groups excluding tert-OH is 1. The summed E-state index contributed by atoms with van der Waals surface area (Å²) in [6.07, 6.45) is 0. The van der Waals surface area contributed by atoms with Crippen LogP contribution in [0.5, 0.6) is 5.75 Å². The van der Waals surface area contributed by atoms with E-state index in [4.69, 9.17) is 27.9 Å². The number of aliphatic hydroxyl groups is 1. The zero-order valence-corrected chi connectivity index (χ0v) is 19.8. The molecule has 5 nitrogen and oxygen atoms in total. The van der Waals surface area contributed by atoms with Gasteiger partial charge in [0.05, 0.1) is 18.2 Å². The van der Waals surface area contributed by atoms with Gasteiger partial charge in [-0.3, -0.25) is 14.5 Å². The number of carbonyl (C=O) groups is 2. The molecule has 1 aliphatic heterocycles. The fraction of sp³-hybridized carbons (Fsp3) is 0.154. The summed E-state index contributed by atoms with van der Waals surface area (Å²) in [6.45, 7) is 4.15. The first kappa shape index (κ1) is 23.8. The smallest absolute Gasteiger partial charge is 0.300 e. The van der Waals surface area contributed by atoms with Gasteiger partial charge in [-0.05, 0) is 73.5 Å². The van der Waals surface area contributed by atoms with E-state index < -0.39 is 23.5 Å². The average molecular weight is 500 g/mol. The lowest BCUT2D eigenvalue weighted by atomic mass is 9.94. The third-order valence-electron chi connectivity index (χ3n) is 5.50. The molecule has 1 amide bonds. The summed E-state index contributed by atoms with van der Waals surface area (Å²) in [5.41, 5.74) is 1.67. The lowest BCUT2D eigenvalue weighted by molar-refractivity contribution is -0.132. The molecule has 1 atom stereocenters. The van der Waals surface area contributed by atoms with Crippen LogP contribution in [0.2, 0.25) is 10.0 Å². The minimum absolute atomic E-state index is 0.128. The van der Waals surface area contributed by atoms with Gasteiger partial charge in [-0.25, -0.2) is 4.39 Å². The third-order valence-corrected chi connectivity index (χ3v) is 5.94. The van der Waals surface area contributed by atoms with Crippen molar-refractivity contribution in [2.45, 2.75) is 19.9 Å². The predicted molar refractivity (Wildman–Crippen MR) is 130 cm³/mol. The van der Waals surface area contributed by atoms with Crippen LogP contribution in [0, 0.1) is 12.7 Å². The summed E-state index contributed by atoms with van der Waals surface area (Å²) in [7, 11) is 0. The molecule has 3 aromatic carbocycles. The highest BCUT2D eigenvalue weighted by atomic mass is 35.5. The number of hydrogen-bond donors (Lipinski definition) is 1. The first-order valence-corrected chi connectivity index (χ1v) is 11.2. The molecule has 1 fully saturated rings. The Morgan fingerprint density at radius 3 is 2.26 bits per heavy atom. The number of benzene rings is 3. The Hall–Kier alpha value is -3.35. The van der Waals surface area contributed by atoms with E-state index in [1.807, 2.05) is 13.8 Å². The molecule has 0 saturated carbocycles. The van der Waals surface area contributed by atoms with Crippen molar-refractivity contribution in [1.29, 1.82) is 0 Å². The van der Waals surface area contributed by atoms with Crippen molar-refractivity contribution in [3.8, 4) is 5.75 Å². The zero-order valence-electron chi connectivity index (χ0n) is 18.3. The number of carbonyl (C=O) groups excluding carboxylic acids is 2. The van der Waals surface area contributed by atoms with Crippen molar-refractivity contribution in [3.63, 3.8) is 0 Å². The van der Waals surface area contributed by atoms with E-state index in [2.05, 4.69) is 0 Å². The van der Waals surface area contributed by atoms with Gasteiger partial charge in [0.2, 0.25) is 0 Å². The molecule has 0 aromatic heterocycles. The van der Waals surface area contributed by atoms with Crippen LogP contribution in [0.4, 0.5) is 10.1 Å². The summed E-state index contributed by atoms with van der Waals surface area (Å²) in [6, 6.07) is 13.8. The van der Waals surface area contributed by atoms with Crippen LogP contribution >= 0.6 is 23.2 Å². The number of halogens is 3. The lowest BCUT2D eigenvalue weighted by Gasteiger charge is -2.26. The minimum Gasteiger partial charge on any atom is -0.507 e. The highest BCUT2D eigenvalue weighted by Gasteiger charge is 2.47. The third kappa shape index (κ3) is 4.39. The van der Waals surface area contributed by atoms with Crippen molar-refractivity contribution in [2.24, 2.45) is 0 Å². The van der Waals surface area contributed by atoms with E-state index in [0.717, 1.165) is 5.56 Å². The highest BCUT2D eigenvalue weighted by Crippen LogP contribution is 2.43. The maximum Gasteiger partial charge on any atom is 0.300 e. The molecule has 1 aliphatic rings. The Balaban J connectivity index is 1.93. The normalized spacial score (nSPS) is 17.3. The van der Waals surface area contributed by atoms with Gasteiger partial charge in [0.25, 0.3) is 11.7 Å². The second kappa shape index (κ2) is 9.49. The van der Waals surface area contributed by atoms with E-state index in [0.29, 0.717) is 23.5 Å². The quantitative estimate of drug-likeness (QED) is 0.248. The monoisotopic (exact) mass is 499 g/mol. The highest BCUT2D eigenvalue weighted by molar-refractivity contribution is 6.52. The first-order chi connectivity index (χ1) is 16.2. The fourth-order valence-electron chi connectivity index (χ4n) is 4.01. The van der Waals surface area contributed by atoms with E-state index in [1.54, 1.807) is 18.2 Å². The summed E-state index contributed by atoms with van der Waals surface area (Å²) in [4.78, 5) is 27.6. The molecule has 0 bridgehead atoms. The summed E-state index contributed by atoms with van der Waals surface area (Å²) in [5, 5.41) is 11.8. The predicted octanol–water partition coefficient (Wildman–Crippen LogP) is 6.47. The topological polar surface area (TPSA) is 66.8 Å². The van der Waals surface area contributed by atoms with E-state index in [9.17, 15) is 19.1 Å². The zero-order chi connectivity index (χ0) is 24.6. The Morgan fingerprint density at radius 1 is 1.03 bits per heavy atom. The number of amides is 1. The van der Waals surface area contributed by atoms with Crippen LogP contribution in [-0.2, 0) is 9.59 Å². The number of ketones is 1. The van der Waals surface area contributed by atoms with Crippen molar-refractivity contribution in [2.75, 3.05) is 11.5 Å². The number of ether oxygens (including phenoxy) is 1.